The monoisotopic (exact) mass is 449 g/mol. The van der Waals surface area contributed by atoms with Crippen molar-refractivity contribution in [2.45, 2.75) is 36.1 Å². The van der Waals surface area contributed by atoms with E-state index in [1.807, 2.05) is 42.5 Å². The number of nitrogens with zero attached hydrogens (tertiary/aromatic N) is 1. The van der Waals surface area contributed by atoms with Crippen LogP contribution in [0.15, 0.2) is 75.8 Å². The van der Waals surface area contributed by atoms with E-state index in [0.717, 1.165) is 29.7 Å². The van der Waals surface area contributed by atoms with Gasteiger partial charge in [0, 0.05) is 34.4 Å². The summed E-state index contributed by atoms with van der Waals surface area (Å²) in [4.78, 5) is 33.7. The highest BCUT2D eigenvalue weighted by atomic mass is 35.5. The molecule has 0 saturated carbocycles. The van der Waals surface area contributed by atoms with Crippen molar-refractivity contribution in [3.63, 3.8) is 0 Å². The Morgan fingerprint density at radius 3 is 2.58 bits per heavy atom. The van der Waals surface area contributed by atoms with E-state index < -0.39 is 5.92 Å². The number of Topliss-reactive ketones (excluding diaryl/α,β-unsaturated/α-hetero) is 1. The molecule has 0 saturated heterocycles. The Morgan fingerprint density at radius 2 is 1.81 bits per heavy atom. The molecule has 5 nitrogen and oxygen atoms in total. The van der Waals surface area contributed by atoms with Gasteiger partial charge in [0.2, 0.25) is 0 Å². The van der Waals surface area contributed by atoms with Crippen molar-refractivity contribution < 1.29 is 4.79 Å². The first-order valence-corrected chi connectivity index (χ1v) is 11.6. The molecule has 2 N–H and O–H groups in total. The second kappa shape index (κ2) is 8.36. The lowest BCUT2D eigenvalue weighted by Crippen LogP contribution is -2.32. The Labute approximate surface area is 189 Å². The number of halogens is 1. The van der Waals surface area contributed by atoms with Gasteiger partial charge in [0.05, 0.1) is 5.56 Å². The molecule has 5 rings (SSSR count). The summed E-state index contributed by atoms with van der Waals surface area (Å²) in [6.45, 7) is 0. The number of allylic oxidation sites excluding steroid dienone is 2. The van der Waals surface area contributed by atoms with Crippen LogP contribution >= 0.6 is 23.4 Å². The number of rotatable bonds is 4. The number of aromatic amines is 1. The molecule has 1 aliphatic carbocycles. The van der Waals surface area contributed by atoms with Gasteiger partial charge in [-0.25, -0.2) is 4.98 Å². The van der Waals surface area contributed by atoms with E-state index in [9.17, 15) is 9.59 Å². The number of benzene rings is 2. The first-order chi connectivity index (χ1) is 15.1. The Bertz CT molecular complexity index is 1240. The number of carbonyl (C=O) groups is 1. The van der Waals surface area contributed by atoms with Crippen molar-refractivity contribution in [3.8, 4) is 0 Å². The summed E-state index contributed by atoms with van der Waals surface area (Å²) in [5.41, 5.74) is 3.84. The zero-order chi connectivity index (χ0) is 21.4. The van der Waals surface area contributed by atoms with E-state index >= 15 is 0 Å². The quantitative estimate of drug-likeness (QED) is 0.418. The average Bonchev–Trinajstić information content (AvgIpc) is 2.78. The summed E-state index contributed by atoms with van der Waals surface area (Å²) in [6.07, 6.45) is 2.06. The van der Waals surface area contributed by atoms with Gasteiger partial charge >= 0.3 is 0 Å². The van der Waals surface area contributed by atoms with Crippen molar-refractivity contribution in [1.82, 2.24) is 9.97 Å². The minimum Gasteiger partial charge on any atom is -0.343 e. The van der Waals surface area contributed by atoms with Crippen LogP contribution in [0.5, 0.6) is 0 Å². The van der Waals surface area contributed by atoms with Crippen LogP contribution in [0.25, 0.3) is 0 Å². The zero-order valence-corrected chi connectivity index (χ0v) is 18.2. The topological polar surface area (TPSA) is 74.8 Å². The van der Waals surface area contributed by atoms with Crippen molar-refractivity contribution >= 4 is 35.0 Å². The number of carbonyl (C=O) groups excluding carboxylic acids is 1. The number of nitrogens with one attached hydrogen (secondary N) is 2. The standard InChI is InChI=1S/C24H20ClN3O2S/c25-16-11-9-15(10-12-16)19-20-17(7-4-8-18(20)29)26-22-21(19)23(30)28-24(27-22)31-13-14-5-2-1-3-6-14/h1-3,5-6,9-12,19H,4,7-8,13H2,(H2,26,27,28,30)/t19-/m0/s1. The summed E-state index contributed by atoms with van der Waals surface area (Å²) < 4.78 is 0. The van der Waals surface area contributed by atoms with Gasteiger partial charge < -0.3 is 10.3 Å². The summed E-state index contributed by atoms with van der Waals surface area (Å²) in [5.74, 6) is 0.880. The van der Waals surface area contributed by atoms with E-state index in [4.69, 9.17) is 16.6 Å². The molecule has 0 radical (unpaired) electrons. The fourth-order valence-corrected chi connectivity index (χ4v) is 5.17. The molecule has 1 aromatic heterocycles. The SMILES string of the molecule is O=C1CCCC2=C1[C@H](c1ccc(Cl)cc1)c1c(nc(SCc3ccccc3)[nH]c1=O)N2. The molecular formula is C24H20ClN3O2S. The van der Waals surface area contributed by atoms with Crippen LogP contribution in [0.2, 0.25) is 5.02 Å². The fourth-order valence-electron chi connectivity index (χ4n) is 4.22. The minimum atomic E-state index is -0.444. The number of fused-ring (bicyclic) bond motifs is 1. The predicted octanol–water partition coefficient (Wildman–Crippen LogP) is 5.28. The molecule has 7 heteroatoms. The number of H-pyrrole nitrogens is 1. The molecule has 3 aromatic rings. The first kappa shape index (κ1) is 20.1. The van der Waals surface area contributed by atoms with E-state index in [-0.39, 0.29) is 11.3 Å². The third kappa shape index (κ3) is 3.93. The van der Waals surface area contributed by atoms with Gasteiger partial charge in [0.1, 0.15) is 5.82 Å². The van der Waals surface area contributed by atoms with Crippen LogP contribution in [0.4, 0.5) is 5.82 Å². The molecule has 31 heavy (non-hydrogen) atoms. The van der Waals surface area contributed by atoms with Gasteiger partial charge in [-0.2, -0.15) is 0 Å². The molecule has 2 heterocycles. The lowest BCUT2D eigenvalue weighted by Gasteiger charge is -2.32. The number of hydrogen-bond donors (Lipinski definition) is 2. The second-order valence-electron chi connectivity index (χ2n) is 7.69. The van der Waals surface area contributed by atoms with E-state index in [1.54, 1.807) is 12.1 Å². The maximum absolute atomic E-state index is 13.2. The van der Waals surface area contributed by atoms with Gasteiger partial charge in [0.15, 0.2) is 10.9 Å². The molecule has 0 spiro atoms. The van der Waals surface area contributed by atoms with Crippen molar-refractivity contribution in [2.75, 3.05) is 5.32 Å². The van der Waals surface area contributed by atoms with Crippen LogP contribution in [0.1, 0.15) is 41.9 Å². The Hall–Kier alpha value is -2.83. The summed E-state index contributed by atoms with van der Waals surface area (Å²) in [5, 5.41) is 4.48. The maximum Gasteiger partial charge on any atom is 0.257 e. The van der Waals surface area contributed by atoms with Gasteiger partial charge in [-0.3, -0.25) is 9.59 Å². The molecule has 0 fully saturated rings. The summed E-state index contributed by atoms with van der Waals surface area (Å²) in [6, 6.07) is 17.4. The largest absolute Gasteiger partial charge is 0.343 e. The van der Waals surface area contributed by atoms with E-state index in [1.165, 1.54) is 11.8 Å². The normalized spacial score (nSPS) is 17.7. The molecule has 2 aromatic carbocycles. The van der Waals surface area contributed by atoms with Gasteiger partial charge in [-0.15, -0.1) is 0 Å². The van der Waals surface area contributed by atoms with Crippen molar-refractivity contribution in [3.05, 3.63) is 97.9 Å². The van der Waals surface area contributed by atoms with Crippen LogP contribution in [0, 0.1) is 0 Å². The molecule has 1 atom stereocenters. The smallest absolute Gasteiger partial charge is 0.257 e. The Kier molecular flexibility index (Phi) is 5.42. The number of aromatic nitrogens is 2. The van der Waals surface area contributed by atoms with E-state index in [0.29, 0.717) is 39.3 Å². The highest BCUT2D eigenvalue weighted by Gasteiger charge is 2.37. The Morgan fingerprint density at radius 1 is 1.03 bits per heavy atom. The molecule has 0 bridgehead atoms. The lowest BCUT2D eigenvalue weighted by molar-refractivity contribution is -0.116. The van der Waals surface area contributed by atoms with Gasteiger partial charge in [-0.1, -0.05) is 65.8 Å². The third-order valence-electron chi connectivity index (χ3n) is 5.66. The molecule has 2 aliphatic rings. The number of ketones is 1. The summed E-state index contributed by atoms with van der Waals surface area (Å²) in [7, 11) is 0. The van der Waals surface area contributed by atoms with Crippen LogP contribution in [-0.4, -0.2) is 15.8 Å². The molecule has 0 unspecified atom stereocenters. The van der Waals surface area contributed by atoms with Crippen LogP contribution in [0.3, 0.4) is 0 Å². The number of anilines is 1. The van der Waals surface area contributed by atoms with Gasteiger partial charge in [0.25, 0.3) is 5.56 Å². The summed E-state index contributed by atoms with van der Waals surface area (Å²) >= 11 is 7.56. The molecule has 1 aliphatic heterocycles. The third-order valence-corrected chi connectivity index (χ3v) is 6.85. The minimum absolute atomic E-state index is 0.0845. The van der Waals surface area contributed by atoms with Crippen molar-refractivity contribution in [1.29, 1.82) is 0 Å². The number of hydrogen-bond acceptors (Lipinski definition) is 5. The lowest BCUT2D eigenvalue weighted by atomic mass is 9.76. The fraction of sp³-hybridized carbons (Fsp3) is 0.208. The molecule has 0 amide bonds. The molecule has 156 valence electrons. The number of thioether (sulfide) groups is 1. The van der Waals surface area contributed by atoms with Gasteiger partial charge in [-0.05, 0) is 36.1 Å². The highest BCUT2D eigenvalue weighted by Crippen LogP contribution is 2.43. The van der Waals surface area contributed by atoms with Crippen LogP contribution in [-0.2, 0) is 10.5 Å². The molecular weight excluding hydrogens is 430 g/mol. The zero-order valence-electron chi connectivity index (χ0n) is 16.7. The second-order valence-corrected chi connectivity index (χ2v) is 9.09. The average molecular weight is 450 g/mol. The van der Waals surface area contributed by atoms with Crippen molar-refractivity contribution in [2.24, 2.45) is 0 Å². The highest BCUT2D eigenvalue weighted by molar-refractivity contribution is 7.98. The predicted molar refractivity (Wildman–Crippen MR) is 124 cm³/mol. The first-order valence-electron chi connectivity index (χ1n) is 10.2. The van der Waals surface area contributed by atoms with Crippen LogP contribution < -0.4 is 10.9 Å². The Balaban J connectivity index is 1.57. The van der Waals surface area contributed by atoms with E-state index in [2.05, 4.69) is 10.3 Å². The maximum atomic E-state index is 13.2.